The predicted octanol–water partition coefficient (Wildman–Crippen LogP) is 2.79. The molecule has 1 aliphatic heterocycles. The molecule has 1 unspecified atom stereocenters. The van der Waals surface area contributed by atoms with Crippen LogP contribution in [0.4, 0.5) is 8.78 Å². The van der Waals surface area contributed by atoms with Gasteiger partial charge in [-0.3, -0.25) is 9.69 Å². The van der Waals surface area contributed by atoms with Gasteiger partial charge < -0.3 is 5.11 Å². The third kappa shape index (κ3) is 2.47. The smallest absolute Gasteiger partial charge is 0.324 e. The summed E-state index contributed by atoms with van der Waals surface area (Å²) in [4.78, 5) is 13.3. The number of carbonyl (C=O) groups is 1. The van der Waals surface area contributed by atoms with E-state index in [-0.39, 0.29) is 6.54 Å². The van der Waals surface area contributed by atoms with Crippen molar-refractivity contribution in [3.8, 4) is 0 Å². The van der Waals surface area contributed by atoms with Gasteiger partial charge in [0.25, 0.3) is 0 Å². The number of aliphatic carboxylic acids is 1. The molecule has 3 nitrogen and oxygen atoms in total. The maximum atomic E-state index is 13.6. The molecule has 2 rings (SSSR count). The third-order valence-electron chi connectivity index (χ3n) is 3.98. The summed E-state index contributed by atoms with van der Waals surface area (Å²) in [7, 11) is 0. The van der Waals surface area contributed by atoms with Crippen LogP contribution in [0.15, 0.2) is 18.2 Å². The molecule has 1 aromatic carbocycles. The Labute approximate surface area is 110 Å². The molecule has 1 atom stereocenters. The van der Waals surface area contributed by atoms with Gasteiger partial charge in [0.15, 0.2) is 0 Å². The summed E-state index contributed by atoms with van der Waals surface area (Å²) in [6, 6.07) is 3.41. The fourth-order valence-electron chi connectivity index (χ4n) is 2.81. The van der Waals surface area contributed by atoms with Crippen molar-refractivity contribution in [3.05, 3.63) is 35.4 Å². The summed E-state index contributed by atoms with van der Waals surface area (Å²) in [5.41, 5.74) is -0.580. The molecule has 19 heavy (non-hydrogen) atoms. The standard InChI is InChI=1S/C14H17F2NO2/c1-2-14(13(18)19)6-3-7-17(14)9-10-4-5-11(15)8-12(10)16/h4-5,8H,2-3,6-7,9H2,1H3,(H,18,19). The molecule has 0 aromatic heterocycles. The lowest BCUT2D eigenvalue weighted by Crippen LogP contribution is -2.49. The van der Waals surface area contributed by atoms with Crippen LogP contribution >= 0.6 is 0 Å². The van der Waals surface area contributed by atoms with Crippen molar-refractivity contribution in [3.63, 3.8) is 0 Å². The fourth-order valence-corrected chi connectivity index (χ4v) is 2.81. The maximum Gasteiger partial charge on any atom is 0.324 e. The highest BCUT2D eigenvalue weighted by molar-refractivity contribution is 5.79. The van der Waals surface area contributed by atoms with Crippen molar-refractivity contribution in [2.45, 2.75) is 38.3 Å². The number of rotatable bonds is 4. The molecule has 1 heterocycles. The zero-order valence-electron chi connectivity index (χ0n) is 10.8. The Morgan fingerprint density at radius 2 is 2.21 bits per heavy atom. The second kappa shape index (κ2) is 5.25. The fraction of sp³-hybridized carbons (Fsp3) is 0.500. The van der Waals surface area contributed by atoms with Gasteiger partial charge in [-0.25, -0.2) is 8.78 Å². The molecule has 0 saturated carbocycles. The zero-order valence-corrected chi connectivity index (χ0v) is 10.8. The number of hydrogen-bond acceptors (Lipinski definition) is 2. The Morgan fingerprint density at radius 3 is 2.79 bits per heavy atom. The lowest BCUT2D eigenvalue weighted by molar-refractivity contribution is -0.150. The molecule has 0 spiro atoms. The van der Waals surface area contributed by atoms with E-state index in [0.717, 1.165) is 12.5 Å². The molecule has 1 aromatic rings. The number of hydrogen-bond donors (Lipinski definition) is 1. The summed E-state index contributed by atoms with van der Waals surface area (Å²) in [6.45, 7) is 2.65. The van der Waals surface area contributed by atoms with Crippen LogP contribution in [-0.2, 0) is 11.3 Å². The molecule has 1 saturated heterocycles. The van der Waals surface area contributed by atoms with Gasteiger partial charge in [0.2, 0.25) is 0 Å². The molecule has 1 aliphatic rings. The van der Waals surface area contributed by atoms with E-state index in [1.54, 1.807) is 4.90 Å². The first kappa shape index (κ1) is 13.9. The Hall–Kier alpha value is -1.49. The topological polar surface area (TPSA) is 40.5 Å². The average Bonchev–Trinajstić information content (AvgIpc) is 2.76. The summed E-state index contributed by atoms with van der Waals surface area (Å²) in [5.74, 6) is -2.11. The van der Waals surface area contributed by atoms with Crippen LogP contribution in [-0.4, -0.2) is 28.1 Å². The number of carboxylic acids is 1. The van der Waals surface area contributed by atoms with Crippen LogP contribution in [0.2, 0.25) is 0 Å². The van der Waals surface area contributed by atoms with Gasteiger partial charge >= 0.3 is 5.97 Å². The first-order chi connectivity index (χ1) is 8.99. The minimum Gasteiger partial charge on any atom is -0.480 e. The zero-order chi connectivity index (χ0) is 14.0. The van der Waals surface area contributed by atoms with Crippen molar-refractivity contribution >= 4 is 5.97 Å². The lowest BCUT2D eigenvalue weighted by Gasteiger charge is -2.34. The van der Waals surface area contributed by atoms with Crippen molar-refractivity contribution < 1.29 is 18.7 Å². The minimum atomic E-state index is -0.916. The molecular formula is C14H17F2NO2. The highest BCUT2D eigenvalue weighted by Gasteiger charge is 2.46. The van der Waals surface area contributed by atoms with Gasteiger partial charge in [-0.1, -0.05) is 13.0 Å². The van der Waals surface area contributed by atoms with Crippen molar-refractivity contribution in [2.24, 2.45) is 0 Å². The van der Waals surface area contributed by atoms with E-state index in [4.69, 9.17) is 0 Å². The van der Waals surface area contributed by atoms with E-state index in [1.807, 2.05) is 6.92 Å². The van der Waals surface area contributed by atoms with Crippen LogP contribution in [0.5, 0.6) is 0 Å². The van der Waals surface area contributed by atoms with Gasteiger partial charge in [0, 0.05) is 18.2 Å². The van der Waals surface area contributed by atoms with Crippen LogP contribution in [0.3, 0.4) is 0 Å². The average molecular weight is 269 g/mol. The number of nitrogens with zero attached hydrogens (tertiary/aromatic N) is 1. The van der Waals surface area contributed by atoms with E-state index in [0.29, 0.717) is 24.9 Å². The monoisotopic (exact) mass is 269 g/mol. The molecule has 1 N–H and O–H groups in total. The molecule has 0 aliphatic carbocycles. The molecule has 104 valence electrons. The Balaban J connectivity index is 2.24. The number of likely N-dealkylation sites (tertiary alicyclic amines) is 1. The van der Waals surface area contributed by atoms with Gasteiger partial charge in [0.05, 0.1) is 0 Å². The van der Waals surface area contributed by atoms with Gasteiger partial charge in [-0.2, -0.15) is 0 Å². The van der Waals surface area contributed by atoms with Crippen molar-refractivity contribution in [1.82, 2.24) is 4.90 Å². The van der Waals surface area contributed by atoms with E-state index < -0.39 is 23.1 Å². The van der Waals surface area contributed by atoms with Crippen LogP contribution < -0.4 is 0 Å². The quantitative estimate of drug-likeness (QED) is 0.913. The Bertz CT molecular complexity index is 492. The van der Waals surface area contributed by atoms with Crippen LogP contribution in [0.25, 0.3) is 0 Å². The van der Waals surface area contributed by atoms with Gasteiger partial charge in [-0.05, 0) is 31.9 Å². The summed E-state index contributed by atoms with van der Waals surface area (Å²) >= 11 is 0. The number of halogens is 2. The predicted molar refractivity (Wildman–Crippen MR) is 66.7 cm³/mol. The molecule has 1 fully saturated rings. The van der Waals surface area contributed by atoms with E-state index in [2.05, 4.69) is 0 Å². The largest absolute Gasteiger partial charge is 0.480 e. The van der Waals surface area contributed by atoms with E-state index in [1.165, 1.54) is 12.1 Å². The molecule has 0 amide bonds. The van der Waals surface area contributed by atoms with Crippen LogP contribution in [0.1, 0.15) is 31.7 Å². The number of carboxylic acid groups (broad SMARTS) is 1. The van der Waals surface area contributed by atoms with Gasteiger partial charge in [-0.15, -0.1) is 0 Å². The third-order valence-corrected chi connectivity index (χ3v) is 3.98. The normalized spacial score (nSPS) is 23.7. The Kier molecular flexibility index (Phi) is 3.85. The van der Waals surface area contributed by atoms with Gasteiger partial charge in [0.1, 0.15) is 17.2 Å². The minimum absolute atomic E-state index is 0.201. The van der Waals surface area contributed by atoms with Crippen molar-refractivity contribution in [2.75, 3.05) is 6.54 Å². The molecular weight excluding hydrogens is 252 g/mol. The van der Waals surface area contributed by atoms with E-state index >= 15 is 0 Å². The SMILES string of the molecule is CCC1(C(=O)O)CCCN1Cc1ccc(F)cc1F. The summed E-state index contributed by atoms with van der Waals surface area (Å²) in [6.07, 6.45) is 1.83. The first-order valence-corrected chi connectivity index (χ1v) is 6.42. The summed E-state index contributed by atoms with van der Waals surface area (Å²) < 4.78 is 26.5. The van der Waals surface area contributed by atoms with Crippen LogP contribution in [0, 0.1) is 11.6 Å². The molecule has 0 radical (unpaired) electrons. The second-order valence-electron chi connectivity index (χ2n) is 4.95. The molecule has 0 bridgehead atoms. The highest BCUT2D eigenvalue weighted by atomic mass is 19.1. The Morgan fingerprint density at radius 1 is 1.47 bits per heavy atom. The maximum absolute atomic E-state index is 13.6. The van der Waals surface area contributed by atoms with E-state index in [9.17, 15) is 18.7 Å². The molecule has 5 heteroatoms. The second-order valence-corrected chi connectivity index (χ2v) is 4.95. The van der Waals surface area contributed by atoms with Crippen molar-refractivity contribution in [1.29, 1.82) is 0 Å². The lowest BCUT2D eigenvalue weighted by atomic mass is 9.92. The highest BCUT2D eigenvalue weighted by Crippen LogP contribution is 2.34. The number of benzene rings is 1. The summed E-state index contributed by atoms with van der Waals surface area (Å²) in [5, 5.41) is 9.43. The first-order valence-electron chi connectivity index (χ1n) is 6.42.